The highest BCUT2D eigenvalue weighted by Gasteiger charge is 2.14. The Morgan fingerprint density at radius 1 is 1.25 bits per heavy atom. The molecule has 2 nitrogen and oxygen atoms in total. The fraction of sp³-hybridized carbons (Fsp3) is 0.462. The van der Waals surface area contributed by atoms with Crippen LogP contribution in [0.15, 0.2) is 35.3 Å². The molecule has 0 radical (unpaired) electrons. The summed E-state index contributed by atoms with van der Waals surface area (Å²) in [6.07, 6.45) is 2.58. The van der Waals surface area contributed by atoms with Crippen LogP contribution >= 0.6 is 11.8 Å². The molecule has 1 fully saturated rings. The van der Waals surface area contributed by atoms with E-state index >= 15 is 0 Å². The zero-order valence-electron chi connectivity index (χ0n) is 9.72. The predicted molar refractivity (Wildman–Crippen MR) is 71.9 cm³/mol. The summed E-state index contributed by atoms with van der Waals surface area (Å²) in [6, 6.07) is 10.6. The minimum Gasteiger partial charge on any atom is -0.347 e. The number of rotatable bonds is 2. The normalized spacial score (nSPS) is 19.8. The number of nitrogens with zero attached hydrogens (tertiary/aromatic N) is 2. The quantitative estimate of drug-likeness (QED) is 0.781. The summed E-state index contributed by atoms with van der Waals surface area (Å²) in [7, 11) is 1.89. The SMILES string of the molecule is CN=C1SCCCCN1Cc1ccccc1. The van der Waals surface area contributed by atoms with Crippen molar-refractivity contribution >= 4 is 16.9 Å². The molecular formula is C13H18N2S. The molecular weight excluding hydrogens is 216 g/mol. The molecule has 0 saturated carbocycles. The molecule has 1 aliphatic heterocycles. The molecule has 16 heavy (non-hydrogen) atoms. The molecule has 0 unspecified atom stereocenters. The van der Waals surface area contributed by atoms with Crippen molar-refractivity contribution in [2.75, 3.05) is 19.3 Å². The number of hydrogen-bond acceptors (Lipinski definition) is 2. The molecule has 0 amide bonds. The van der Waals surface area contributed by atoms with E-state index in [9.17, 15) is 0 Å². The van der Waals surface area contributed by atoms with Crippen molar-refractivity contribution in [3.8, 4) is 0 Å². The summed E-state index contributed by atoms with van der Waals surface area (Å²) in [5.74, 6) is 1.21. The fourth-order valence-corrected chi connectivity index (χ4v) is 2.91. The number of benzene rings is 1. The van der Waals surface area contributed by atoms with Crippen molar-refractivity contribution < 1.29 is 0 Å². The van der Waals surface area contributed by atoms with Gasteiger partial charge in [-0.05, 0) is 18.4 Å². The number of amidine groups is 1. The summed E-state index contributed by atoms with van der Waals surface area (Å²) in [4.78, 5) is 6.79. The molecule has 2 rings (SSSR count). The zero-order valence-corrected chi connectivity index (χ0v) is 10.5. The minimum absolute atomic E-state index is 0.987. The Hall–Kier alpha value is -0.960. The molecule has 1 heterocycles. The van der Waals surface area contributed by atoms with Gasteiger partial charge in [0.15, 0.2) is 5.17 Å². The van der Waals surface area contributed by atoms with Gasteiger partial charge < -0.3 is 4.90 Å². The van der Waals surface area contributed by atoms with Crippen LogP contribution in [0.3, 0.4) is 0 Å². The van der Waals surface area contributed by atoms with Gasteiger partial charge in [-0.3, -0.25) is 4.99 Å². The zero-order chi connectivity index (χ0) is 11.2. The molecule has 0 spiro atoms. The first kappa shape index (κ1) is 11.5. The van der Waals surface area contributed by atoms with Crippen LogP contribution in [0.1, 0.15) is 18.4 Å². The van der Waals surface area contributed by atoms with Crippen LogP contribution in [0.2, 0.25) is 0 Å². The maximum absolute atomic E-state index is 4.39. The third-order valence-corrected chi connectivity index (χ3v) is 3.92. The second-order valence-corrected chi connectivity index (χ2v) is 5.03. The Balaban J connectivity index is 2.06. The van der Waals surface area contributed by atoms with Gasteiger partial charge >= 0.3 is 0 Å². The highest BCUT2D eigenvalue weighted by molar-refractivity contribution is 8.13. The Morgan fingerprint density at radius 3 is 2.81 bits per heavy atom. The van der Waals surface area contributed by atoms with Crippen LogP contribution in [0.25, 0.3) is 0 Å². The lowest BCUT2D eigenvalue weighted by molar-refractivity contribution is 0.413. The third-order valence-electron chi connectivity index (χ3n) is 2.73. The maximum Gasteiger partial charge on any atom is 0.159 e. The van der Waals surface area contributed by atoms with Crippen molar-refractivity contribution in [3.63, 3.8) is 0 Å². The molecule has 1 aromatic rings. The number of hydrogen-bond donors (Lipinski definition) is 0. The van der Waals surface area contributed by atoms with E-state index in [0.29, 0.717) is 0 Å². The van der Waals surface area contributed by atoms with Gasteiger partial charge in [-0.15, -0.1) is 0 Å². The monoisotopic (exact) mass is 234 g/mol. The van der Waals surface area contributed by atoms with E-state index < -0.39 is 0 Å². The third kappa shape index (κ3) is 3.01. The fourth-order valence-electron chi connectivity index (χ4n) is 1.91. The first-order valence-electron chi connectivity index (χ1n) is 5.78. The number of aliphatic imine (C=N–C) groups is 1. The summed E-state index contributed by atoms with van der Waals surface area (Å²) >= 11 is 1.89. The van der Waals surface area contributed by atoms with Gasteiger partial charge in [0.1, 0.15) is 0 Å². The average Bonchev–Trinajstić information content (AvgIpc) is 2.55. The van der Waals surface area contributed by atoms with Gasteiger partial charge in [0.05, 0.1) is 0 Å². The van der Waals surface area contributed by atoms with E-state index in [2.05, 4.69) is 40.2 Å². The molecule has 0 N–H and O–H groups in total. The topological polar surface area (TPSA) is 15.6 Å². The van der Waals surface area contributed by atoms with E-state index in [1.807, 2.05) is 18.8 Å². The van der Waals surface area contributed by atoms with Crippen molar-refractivity contribution in [1.82, 2.24) is 4.90 Å². The summed E-state index contributed by atoms with van der Waals surface area (Å²) in [5.41, 5.74) is 1.37. The Labute approximate surface area is 102 Å². The maximum atomic E-state index is 4.39. The number of thioether (sulfide) groups is 1. The van der Waals surface area contributed by atoms with Gasteiger partial charge in [-0.25, -0.2) is 0 Å². The van der Waals surface area contributed by atoms with Crippen LogP contribution in [-0.4, -0.2) is 29.4 Å². The molecule has 3 heteroatoms. The smallest absolute Gasteiger partial charge is 0.159 e. The lowest BCUT2D eigenvalue weighted by Crippen LogP contribution is -2.28. The molecule has 1 aliphatic rings. The van der Waals surface area contributed by atoms with Crippen LogP contribution in [0.5, 0.6) is 0 Å². The summed E-state index contributed by atoms with van der Waals surface area (Å²) < 4.78 is 0. The molecule has 0 atom stereocenters. The van der Waals surface area contributed by atoms with E-state index in [0.717, 1.165) is 13.1 Å². The van der Waals surface area contributed by atoms with E-state index in [1.165, 1.54) is 29.3 Å². The van der Waals surface area contributed by atoms with Crippen molar-refractivity contribution in [2.24, 2.45) is 4.99 Å². The Bertz CT molecular complexity index is 348. The van der Waals surface area contributed by atoms with Gasteiger partial charge in [-0.2, -0.15) is 0 Å². The van der Waals surface area contributed by atoms with Gasteiger partial charge in [0.2, 0.25) is 0 Å². The lowest BCUT2D eigenvalue weighted by atomic mass is 10.2. The summed E-state index contributed by atoms with van der Waals surface area (Å²) in [6.45, 7) is 2.12. The molecule has 0 aliphatic carbocycles. The van der Waals surface area contributed by atoms with Crippen LogP contribution in [0.4, 0.5) is 0 Å². The molecule has 0 aromatic heterocycles. The van der Waals surface area contributed by atoms with Crippen LogP contribution in [-0.2, 0) is 6.54 Å². The molecule has 86 valence electrons. The standard InChI is InChI=1S/C13H18N2S/c1-14-13-15(9-5-6-10-16-13)11-12-7-3-2-4-8-12/h2-4,7-8H,5-6,9-11H2,1H3. The van der Waals surface area contributed by atoms with Crippen molar-refractivity contribution in [2.45, 2.75) is 19.4 Å². The van der Waals surface area contributed by atoms with Crippen LogP contribution < -0.4 is 0 Å². The highest BCUT2D eigenvalue weighted by Crippen LogP contribution is 2.19. The van der Waals surface area contributed by atoms with Gasteiger partial charge in [0.25, 0.3) is 0 Å². The predicted octanol–water partition coefficient (Wildman–Crippen LogP) is 3.00. The van der Waals surface area contributed by atoms with Gasteiger partial charge in [0, 0.05) is 25.9 Å². The first-order chi connectivity index (χ1) is 7.90. The second kappa shape index (κ2) is 5.94. The van der Waals surface area contributed by atoms with Crippen LogP contribution in [0, 0.1) is 0 Å². The lowest BCUT2D eigenvalue weighted by Gasteiger charge is -2.23. The van der Waals surface area contributed by atoms with Crippen molar-refractivity contribution in [1.29, 1.82) is 0 Å². The molecule has 1 aromatic carbocycles. The molecule has 1 saturated heterocycles. The average molecular weight is 234 g/mol. The van der Waals surface area contributed by atoms with E-state index in [4.69, 9.17) is 0 Å². The minimum atomic E-state index is 0.987. The Kier molecular flexibility index (Phi) is 4.28. The van der Waals surface area contributed by atoms with E-state index in [-0.39, 0.29) is 0 Å². The van der Waals surface area contributed by atoms with Gasteiger partial charge in [-0.1, -0.05) is 42.1 Å². The van der Waals surface area contributed by atoms with Crippen molar-refractivity contribution in [3.05, 3.63) is 35.9 Å². The largest absolute Gasteiger partial charge is 0.347 e. The summed E-state index contributed by atoms with van der Waals surface area (Å²) in [5, 5.41) is 1.20. The highest BCUT2D eigenvalue weighted by atomic mass is 32.2. The second-order valence-electron chi connectivity index (χ2n) is 3.97. The first-order valence-corrected chi connectivity index (χ1v) is 6.77. The molecule has 0 bridgehead atoms. The van der Waals surface area contributed by atoms with E-state index in [1.54, 1.807) is 0 Å². The Morgan fingerprint density at radius 2 is 2.06 bits per heavy atom.